The Morgan fingerprint density at radius 1 is 1.15 bits per heavy atom. The predicted molar refractivity (Wildman–Crippen MR) is 106 cm³/mol. The molecule has 0 spiro atoms. The molecule has 1 atom stereocenters. The van der Waals surface area contributed by atoms with Crippen LogP contribution in [0.5, 0.6) is 0 Å². The minimum atomic E-state index is 0.186. The van der Waals surface area contributed by atoms with Crippen LogP contribution in [0.1, 0.15) is 40.2 Å². The standard InChI is InChI=1S/C23H25N3O/c1-17-7-3-4-8-18(17)11-12-23(27)26-15-19-9-5-6-10-21(19)22(16-26)20-13-24-25(2)14-20/h3-10,13-14,22H,11-12,15-16H2,1-2H3. The van der Waals surface area contributed by atoms with Crippen molar-refractivity contribution in [1.82, 2.24) is 14.7 Å². The Labute approximate surface area is 160 Å². The van der Waals surface area contributed by atoms with Crippen LogP contribution in [0.4, 0.5) is 0 Å². The van der Waals surface area contributed by atoms with Crippen LogP contribution in [0.25, 0.3) is 0 Å². The maximum Gasteiger partial charge on any atom is 0.223 e. The summed E-state index contributed by atoms with van der Waals surface area (Å²) >= 11 is 0. The van der Waals surface area contributed by atoms with Crippen LogP contribution in [0, 0.1) is 6.92 Å². The lowest BCUT2D eigenvalue weighted by atomic mass is 9.86. The summed E-state index contributed by atoms with van der Waals surface area (Å²) in [5.41, 5.74) is 6.23. The van der Waals surface area contributed by atoms with E-state index in [9.17, 15) is 4.79 Å². The van der Waals surface area contributed by atoms with Gasteiger partial charge in [0.15, 0.2) is 0 Å². The maximum absolute atomic E-state index is 13.0. The highest BCUT2D eigenvalue weighted by atomic mass is 16.2. The molecular weight excluding hydrogens is 334 g/mol. The Bertz CT molecular complexity index is 960. The highest BCUT2D eigenvalue weighted by molar-refractivity contribution is 5.77. The average Bonchev–Trinajstić information content (AvgIpc) is 3.12. The first-order valence-electron chi connectivity index (χ1n) is 9.50. The molecule has 0 saturated carbocycles. The first-order chi connectivity index (χ1) is 13.1. The van der Waals surface area contributed by atoms with E-state index in [1.54, 1.807) is 0 Å². The lowest BCUT2D eigenvalue weighted by Crippen LogP contribution is -2.38. The van der Waals surface area contributed by atoms with E-state index in [1.807, 2.05) is 35.0 Å². The average molecular weight is 359 g/mol. The zero-order chi connectivity index (χ0) is 18.8. The normalized spacial score (nSPS) is 16.2. The number of amides is 1. The number of benzene rings is 2. The molecule has 0 N–H and O–H groups in total. The van der Waals surface area contributed by atoms with E-state index in [-0.39, 0.29) is 11.8 Å². The summed E-state index contributed by atoms with van der Waals surface area (Å²) in [6, 6.07) is 16.8. The van der Waals surface area contributed by atoms with Crippen LogP contribution in [0.15, 0.2) is 60.9 Å². The van der Waals surface area contributed by atoms with E-state index in [2.05, 4.69) is 54.6 Å². The van der Waals surface area contributed by atoms with Gasteiger partial charge in [-0.2, -0.15) is 5.10 Å². The quantitative estimate of drug-likeness (QED) is 0.710. The predicted octanol–water partition coefficient (Wildman–Crippen LogP) is 3.84. The largest absolute Gasteiger partial charge is 0.337 e. The molecule has 1 aliphatic heterocycles. The van der Waals surface area contributed by atoms with Crippen LogP contribution in [-0.2, 0) is 24.8 Å². The highest BCUT2D eigenvalue weighted by Crippen LogP contribution is 2.33. The number of aryl methyl sites for hydroxylation is 3. The molecule has 1 aliphatic rings. The van der Waals surface area contributed by atoms with E-state index < -0.39 is 0 Å². The molecule has 0 radical (unpaired) electrons. The van der Waals surface area contributed by atoms with Gasteiger partial charge in [-0.3, -0.25) is 9.48 Å². The number of aromatic nitrogens is 2. The Hall–Kier alpha value is -2.88. The van der Waals surface area contributed by atoms with Gasteiger partial charge in [0, 0.05) is 38.7 Å². The smallest absolute Gasteiger partial charge is 0.223 e. The molecule has 0 aliphatic carbocycles. The van der Waals surface area contributed by atoms with Crippen molar-refractivity contribution >= 4 is 5.91 Å². The second-order valence-electron chi connectivity index (χ2n) is 7.40. The van der Waals surface area contributed by atoms with Crippen molar-refractivity contribution in [2.45, 2.75) is 32.2 Å². The fraction of sp³-hybridized carbons (Fsp3) is 0.304. The Morgan fingerprint density at radius 2 is 1.93 bits per heavy atom. The molecule has 0 saturated heterocycles. The second kappa shape index (κ2) is 7.39. The van der Waals surface area contributed by atoms with E-state index in [1.165, 1.54) is 27.8 Å². The number of carbonyl (C=O) groups excluding carboxylic acids is 1. The third kappa shape index (κ3) is 3.65. The SMILES string of the molecule is Cc1ccccc1CCC(=O)N1Cc2ccccc2C(c2cnn(C)c2)C1. The maximum atomic E-state index is 13.0. The molecule has 4 rings (SSSR count). The van der Waals surface area contributed by atoms with E-state index >= 15 is 0 Å². The molecular formula is C23H25N3O. The molecule has 138 valence electrons. The number of carbonyl (C=O) groups is 1. The van der Waals surface area contributed by atoms with Crippen LogP contribution in [-0.4, -0.2) is 27.1 Å². The summed E-state index contributed by atoms with van der Waals surface area (Å²) in [5.74, 6) is 0.410. The Kier molecular flexibility index (Phi) is 4.80. The lowest BCUT2D eigenvalue weighted by molar-refractivity contribution is -0.132. The summed E-state index contributed by atoms with van der Waals surface area (Å²) in [4.78, 5) is 15.0. The van der Waals surface area contributed by atoms with Crippen molar-refractivity contribution in [3.8, 4) is 0 Å². The van der Waals surface area contributed by atoms with Gasteiger partial charge in [0.25, 0.3) is 0 Å². The number of nitrogens with zero attached hydrogens (tertiary/aromatic N) is 3. The number of fused-ring (bicyclic) bond motifs is 1. The third-order valence-electron chi connectivity index (χ3n) is 5.54. The van der Waals surface area contributed by atoms with E-state index in [0.29, 0.717) is 13.0 Å². The van der Waals surface area contributed by atoms with Crippen molar-refractivity contribution in [3.05, 3.63) is 88.7 Å². The zero-order valence-corrected chi connectivity index (χ0v) is 15.9. The van der Waals surface area contributed by atoms with Gasteiger partial charge in [-0.1, -0.05) is 48.5 Å². The van der Waals surface area contributed by atoms with Crippen molar-refractivity contribution in [1.29, 1.82) is 0 Å². The lowest BCUT2D eigenvalue weighted by Gasteiger charge is -2.34. The van der Waals surface area contributed by atoms with Gasteiger partial charge in [0.2, 0.25) is 5.91 Å². The summed E-state index contributed by atoms with van der Waals surface area (Å²) in [7, 11) is 1.93. The summed E-state index contributed by atoms with van der Waals surface area (Å²) in [6.07, 6.45) is 5.32. The molecule has 0 bridgehead atoms. The van der Waals surface area contributed by atoms with Gasteiger partial charge >= 0.3 is 0 Å². The first-order valence-corrected chi connectivity index (χ1v) is 9.50. The summed E-state index contributed by atoms with van der Waals surface area (Å²) in [5, 5.41) is 4.33. The van der Waals surface area contributed by atoms with Gasteiger partial charge in [0.05, 0.1) is 6.20 Å². The van der Waals surface area contributed by atoms with Gasteiger partial charge in [0.1, 0.15) is 0 Å². The van der Waals surface area contributed by atoms with E-state index in [0.717, 1.165) is 13.0 Å². The molecule has 2 heterocycles. The molecule has 27 heavy (non-hydrogen) atoms. The minimum Gasteiger partial charge on any atom is -0.337 e. The van der Waals surface area contributed by atoms with Gasteiger partial charge < -0.3 is 4.90 Å². The molecule has 1 unspecified atom stereocenters. The van der Waals surface area contributed by atoms with Crippen molar-refractivity contribution in [2.75, 3.05) is 6.54 Å². The first kappa shape index (κ1) is 17.5. The number of hydrogen-bond donors (Lipinski definition) is 0. The number of rotatable bonds is 4. The zero-order valence-electron chi connectivity index (χ0n) is 15.9. The third-order valence-corrected chi connectivity index (χ3v) is 5.54. The van der Waals surface area contributed by atoms with Crippen molar-refractivity contribution in [3.63, 3.8) is 0 Å². The van der Waals surface area contributed by atoms with Crippen LogP contribution in [0.3, 0.4) is 0 Å². The molecule has 3 aromatic rings. The van der Waals surface area contributed by atoms with Gasteiger partial charge in [-0.25, -0.2) is 0 Å². The summed E-state index contributed by atoms with van der Waals surface area (Å²) in [6.45, 7) is 3.52. The van der Waals surface area contributed by atoms with Crippen molar-refractivity contribution in [2.24, 2.45) is 7.05 Å². The monoisotopic (exact) mass is 359 g/mol. The molecule has 2 aromatic carbocycles. The topological polar surface area (TPSA) is 38.1 Å². The molecule has 1 aromatic heterocycles. The second-order valence-corrected chi connectivity index (χ2v) is 7.40. The molecule has 4 nitrogen and oxygen atoms in total. The minimum absolute atomic E-state index is 0.186. The van der Waals surface area contributed by atoms with Gasteiger partial charge in [-0.15, -0.1) is 0 Å². The molecule has 4 heteroatoms. The van der Waals surface area contributed by atoms with Gasteiger partial charge in [-0.05, 0) is 41.2 Å². The fourth-order valence-electron chi connectivity index (χ4n) is 3.99. The van der Waals surface area contributed by atoms with Crippen LogP contribution in [0.2, 0.25) is 0 Å². The van der Waals surface area contributed by atoms with E-state index in [4.69, 9.17) is 0 Å². The van der Waals surface area contributed by atoms with Crippen LogP contribution < -0.4 is 0 Å². The van der Waals surface area contributed by atoms with Crippen molar-refractivity contribution < 1.29 is 4.79 Å². The molecule has 0 fully saturated rings. The highest BCUT2D eigenvalue weighted by Gasteiger charge is 2.29. The van der Waals surface area contributed by atoms with Crippen LogP contribution >= 0.6 is 0 Å². The Morgan fingerprint density at radius 3 is 2.70 bits per heavy atom. The Balaban J connectivity index is 1.54. The molecule has 1 amide bonds. The fourth-order valence-corrected chi connectivity index (χ4v) is 3.99. The summed E-state index contributed by atoms with van der Waals surface area (Å²) < 4.78 is 1.83. The number of hydrogen-bond acceptors (Lipinski definition) is 2.